The molecule has 0 amide bonds. The zero-order valence-electron chi connectivity index (χ0n) is 13.2. The average molecular weight is 428 g/mol. The lowest BCUT2D eigenvalue weighted by Crippen LogP contribution is -2.38. The number of halogens is 1. The Kier molecular flexibility index (Phi) is 5.03. The van der Waals surface area contributed by atoms with Gasteiger partial charge < -0.3 is 4.98 Å². The topological polar surface area (TPSA) is 72.7 Å². The molecule has 6 nitrogen and oxygen atoms in total. The highest BCUT2D eigenvalue weighted by Gasteiger charge is 2.23. The molecular weight excluding hydrogens is 407 g/mol. The normalized spacial score (nSPS) is 16.1. The smallest absolute Gasteiger partial charge is 0.336 e. The molecule has 23 heavy (non-hydrogen) atoms. The van der Waals surface area contributed by atoms with Crippen LogP contribution in [-0.2, 0) is 6.54 Å². The molecule has 0 spiro atoms. The molecule has 1 aliphatic carbocycles. The number of H-pyrrole nitrogens is 1. The molecule has 0 aliphatic heterocycles. The largest absolute Gasteiger partial charge is 0.336 e. The van der Waals surface area contributed by atoms with Gasteiger partial charge in [0.25, 0.3) is 5.56 Å². The molecule has 1 fully saturated rings. The minimum absolute atomic E-state index is 0.261. The second-order valence-corrected chi connectivity index (χ2v) is 6.83. The minimum atomic E-state index is -0.310. The third-order valence-electron chi connectivity index (χ3n) is 4.36. The highest BCUT2D eigenvalue weighted by Crippen LogP contribution is 2.32. The summed E-state index contributed by atoms with van der Waals surface area (Å²) in [5.41, 5.74) is 0.325. The zero-order valence-corrected chi connectivity index (χ0v) is 15.4. The maximum atomic E-state index is 12.6. The number of hydrogen-bond acceptors (Lipinski definition) is 3. The molecule has 0 atom stereocenters. The Labute approximate surface area is 147 Å². The molecule has 2 aromatic heterocycles. The van der Waals surface area contributed by atoms with Crippen molar-refractivity contribution in [2.45, 2.75) is 51.5 Å². The van der Waals surface area contributed by atoms with Gasteiger partial charge in [-0.3, -0.25) is 13.9 Å². The van der Waals surface area contributed by atoms with Crippen LogP contribution in [0.5, 0.6) is 0 Å². The van der Waals surface area contributed by atoms with Crippen LogP contribution in [-0.4, -0.2) is 23.5 Å². The third-order valence-corrected chi connectivity index (χ3v) is 4.87. The lowest BCUT2D eigenvalue weighted by Gasteiger charge is -2.06. The van der Waals surface area contributed by atoms with Crippen LogP contribution in [0.15, 0.2) is 15.7 Å². The minimum Gasteiger partial charge on any atom is -0.336 e. The van der Waals surface area contributed by atoms with Gasteiger partial charge in [-0.2, -0.15) is 0 Å². The van der Waals surface area contributed by atoms with Crippen molar-refractivity contribution in [1.29, 1.82) is 0 Å². The third kappa shape index (κ3) is 3.02. The predicted octanol–water partition coefficient (Wildman–Crippen LogP) is 2.86. The Morgan fingerprint density at radius 2 is 2.09 bits per heavy atom. The number of aromatic nitrogens is 4. The average Bonchev–Trinajstić information content (AvgIpc) is 3.20. The fourth-order valence-corrected chi connectivity index (χ4v) is 3.47. The summed E-state index contributed by atoms with van der Waals surface area (Å²) in [5.74, 6) is 1.22. The molecular formula is C16H21IN4O2. The summed E-state index contributed by atoms with van der Waals surface area (Å²) in [4.78, 5) is 33.1. The Bertz CT molecular complexity index is 840. The summed E-state index contributed by atoms with van der Waals surface area (Å²) in [7, 11) is 0. The van der Waals surface area contributed by atoms with Gasteiger partial charge in [0.15, 0.2) is 5.65 Å². The number of allylic oxidation sites excluding steroid dienone is 1. The van der Waals surface area contributed by atoms with E-state index >= 15 is 0 Å². The molecule has 0 unspecified atom stereocenters. The number of hydrogen-bond donors (Lipinski definition) is 1. The van der Waals surface area contributed by atoms with Crippen molar-refractivity contribution in [3.05, 3.63) is 32.7 Å². The van der Waals surface area contributed by atoms with Crippen LogP contribution in [0.25, 0.3) is 17.4 Å². The number of aromatic amines is 1. The van der Waals surface area contributed by atoms with Crippen LogP contribution >= 0.6 is 22.6 Å². The Hall–Kier alpha value is -1.38. The number of imidazole rings is 1. The van der Waals surface area contributed by atoms with Crippen molar-refractivity contribution in [3.63, 3.8) is 0 Å². The maximum absolute atomic E-state index is 12.6. The summed E-state index contributed by atoms with van der Waals surface area (Å²) in [6, 6.07) is 0. The standard InChI is InChI=1S/C16H21IN4O2/c1-2-9-21-15(22)12-14(20(16(21)23)10-5-8-17)19-13(18-12)11-6-3-4-7-11/h5,10-11H,2-4,6-9H2,1H3,(H,18,19)/b10-5+. The highest BCUT2D eigenvalue weighted by atomic mass is 127. The van der Waals surface area contributed by atoms with E-state index in [4.69, 9.17) is 0 Å². The van der Waals surface area contributed by atoms with E-state index in [2.05, 4.69) is 32.6 Å². The maximum Gasteiger partial charge on any atom is 0.336 e. The molecule has 3 rings (SSSR count). The van der Waals surface area contributed by atoms with Gasteiger partial charge in [0.2, 0.25) is 0 Å². The Morgan fingerprint density at radius 3 is 2.74 bits per heavy atom. The summed E-state index contributed by atoms with van der Waals surface area (Å²) >= 11 is 2.22. The molecule has 0 bridgehead atoms. The van der Waals surface area contributed by atoms with Crippen molar-refractivity contribution in [3.8, 4) is 0 Å². The van der Waals surface area contributed by atoms with Gasteiger partial charge in [-0.25, -0.2) is 9.78 Å². The number of alkyl halides is 1. The number of fused-ring (bicyclic) bond motifs is 1. The number of rotatable bonds is 5. The van der Waals surface area contributed by atoms with E-state index < -0.39 is 0 Å². The molecule has 1 N–H and O–H groups in total. The second-order valence-electron chi connectivity index (χ2n) is 5.95. The summed E-state index contributed by atoms with van der Waals surface area (Å²) in [6.07, 6.45) is 8.94. The van der Waals surface area contributed by atoms with E-state index in [1.54, 1.807) is 6.20 Å². The van der Waals surface area contributed by atoms with Gasteiger partial charge in [0.1, 0.15) is 11.3 Å². The van der Waals surface area contributed by atoms with Crippen LogP contribution in [0.4, 0.5) is 0 Å². The summed E-state index contributed by atoms with van der Waals surface area (Å²) in [6.45, 7) is 2.38. The fourth-order valence-electron chi connectivity index (χ4n) is 3.24. The molecule has 1 saturated carbocycles. The van der Waals surface area contributed by atoms with E-state index in [0.29, 0.717) is 23.6 Å². The molecule has 2 heterocycles. The summed E-state index contributed by atoms with van der Waals surface area (Å²) in [5, 5.41) is 0. The summed E-state index contributed by atoms with van der Waals surface area (Å²) < 4.78 is 3.59. The first-order chi connectivity index (χ1) is 11.2. The number of nitrogens with one attached hydrogen (secondary N) is 1. The monoisotopic (exact) mass is 428 g/mol. The van der Waals surface area contributed by atoms with Gasteiger partial charge in [0.05, 0.1) is 0 Å². The van der Waals surface area contributed by atoms with E-state index in [1.807, 2.05) is 13.0 Å². The van der Waals surface area contributed by atoms with Crippen LogP contribution in [0.3, 0.4) is 0 Å². The zero-order chi connectivity index (χ0) is 16.4. The van der Waals surface area contributed by atoms with Crippen LogP contribution in [0.1, 0.15) is 50.8 Å². The first-order valence-corrected chi connectivity index (χ1v) is 9.67. The molecule has 1 aliphatic rings. The van der Waals surface area contributed by atoms with Gasteiger partial charge in [-0.15, -0.1) is 0 Å². The SMILES string of the molecule is CCCn1c(=O)c2[nH]c(C3CCCC3)nc2n(/C=C/CI)c1=O. The van der Waals surface area contributed by atoms with Crippen LogP contribution < -0.4 is 11.2 Å². The predicted molar refractivity (Wildman–Crippen MR) is 100 cm³/mol. The highest BCUT2D eigenvalue weighted by molar-refractivity contribution is 14.1. The first kappa shape index (κ1) is 16.5. The molecule has 2 aromatic rings. The lowest BCUT2D eigenvalue weighted by atomic mass is 10.1. The van der Waals surface area contributed by atoms with Crippen molar-refractivity contribution < 1.29 is 0 Å². The first-order valence-electron chi connectivity index (χ1n) is 8.15. The quantitative estimate of drug-likeness (QED) is 0.588. The van der Waals surface area contributed by atoms with Crippen molar-refractivity contribution in [2.24, 2.45) is 0 Å². The molecule has 0 radical (unpaired) electrons. The van der Waals surface area contributed by atoms with Crippen molar-refractivity contribution in [1.82, 2.24) is 19.1 Å². The number of nitrogens with zero attached hydrogens (tertiary/aromatic N) is 3. The van der Waals surface area contributed by atoms with Gasteiger partial charge in [-0.1, -0.05) is 48.4 Å². The van der Waals surface area contributed by atoms with Gasteiger partial charge in [-0.05, 0) is 19.3 Å². The Morgan fingerprint density at radius 1 is 1.35 bits per heavy atom. The molecule has 0 aromatic carbocycles. The van der Waals surface area contributed by atoms with E-state index in [1.165, 1.54) is 22.0 Å². The molecule has 0 saturated heterocycles. The lowest BCUT2D eigenvalue weighted by molar-refractivity contribution is 0.611. The van der Waals surface area contributed by atoms with Gasteiger partial charge in [0, 0.05) is 23.1 Å². The fraction of sp³-hybridized carbons (Fsp3) is 0.562. The van der Waals surface area contributed by atoms with E-state index in [9.17, 15) is 9.59 Å². The van der Waals surface area contributed by atoms with E-state index in [-0.39, 0.29) is 11.2 Å². The molecule has 124 valence electrons. The van der Waals surface area contributed by atoms with Crippen molar-refractivity contribution in [2.75, 3.05) is 4.43 Å². The van der Waals surface area contributed by atoms with E-state index in [0.717, 1.165) is 29.5 Å². The second kappa shape index (κ2) is 7.02. The van der Waals surface area contributed by atoms with Crippen molar-refractivity contribution >= 4 is 40.0 Å². The van der Waals surface area contributed by atoms with Gasteiger partial charge >= 0.3 is 5.69 Å². The Balaban J connectivity index is 2.25. The van der Waals surface area contributed by atoms with Crippen LogP contribution in [0.2, 0.25) is 0 Å². The molecule has 7 heteroatoms. The van der Waals surface area contributed by atoms with Crippen LogP contribution in [0, 0.1) is 0 Å².